The maximum Gasteiger partial charge on any atom is 0.330 e. The van der Waals surface area contributed by atoms with Crippen LogP contribution in [0.4, 0.5) is 0 Å². The summed E-state index contributed by atoms with van der Waals surface area (Å²) in [5, 5.41) is 0.885. The molecule has 0 aliphatic rings. The first-order valence-electron chi connectivity index (χ1n) is 9.42. The second-order valence-electron chi connectivity index (χ2n) is 7.34. The van der Waals surface area contributed by atoms with Crippen LogP contribution in [0.5, 0.6) is 0 Å². The molecule has 30 heavy (non-hydrogen) atoms. The fraction of sp³-hybridized carbons (Fsp3) is 0.381. The lowest BCUT2D eigenvalue weighted by molar-refractivity contribution is -0.126. The first kappa shape index (κ1) is 23.9. The van der Waals surface area contributed by atoms with Crippen molar-refractivity contribution in [3.8, 4) is 0 Å². The molecule has 1 aromatic heterocycles. The van der Waals surface area contributed by atoms with Gasteiger partial charge in [-0.25, -0.2) is 4.79 Å². The van der Waals surface area contributed by atoms with E-state index in [1.165, 1.54) is 30.0 Å². The van der Waals surface area contributed by atoms with E-state index in [0.29, 0.717) is 23.1 Å². The van der Waals surface area contributed by atoms with E-state index in [-0.39, 0.29) is 11.5 Å². The molecule has 0 fully saturated rings. The minimum absolute atomic E-state index is 0.240. The Morgan fingerprint density at radius 3 is 2.43 bits per heavy atom. The van der Waals surface area contributed by atoms with Crippen molar-refractivity contribution >= 4 is 35.2 Å². The molecule has 0 radical (unpaired) electrons. The van der Waals surface area contributed by atoms with Crippen molar-refractivity contribution < 1.29 is 4.79 Å². The zero-order chi connectivity index (χ0) is 22.4. The van der Waals surface area contributed by atoms with Gasteiger partial charge in [0.25, 0.3) is 5.56 Å². The lowest BCUT2D eigenvalue weighted by Gasteiger charge is -2.22. The van der Waals surface area contributed by atoms with Crippen LogP contribution in [0.15, 0.2) is 40.1 Å². The van der Waals surface area contributed by atoms with Crippen molar-refractivity contribution in [2.75, 3.05) is 27.2 Å². The summed E-state index contributed by atoms with van der Waals surface area (Å²) in [6.07, 6.45) is 5.01. The van der Waals surface area contributed by atoms with Gasteiger partial charge in [-0.2, -0.15) is 0 Å². The molecule has 9 heteroatoms. The fourth-order valence-corrected chi connectivity index (χ4v) is 3.24. The van der Waals surface area contributed by atoms with Crippen molar-refractivity contribution in [1.29, 1.82) is 0 Å². The quantitative estimate of drug-likeness (QED) is 0.576. The van der Waals surface area contributed by atoms with E-state index in [1.807, 2.05) is 25.1 Å². The van der Waals surface area contributed by atoms with Gasteiger partial charge in [-0.15, -0.1) is 0 Å². The van der Waals surface area contributed by atoms with E-state index in [1.54, 1.807) is 24.1 Å². The number of benzene rings is 1. The first-order chi connectivity index (χ1) is 14.1. The smallest absolute Gasteiger partial charge is 0.330 e. The van der Waals surface area contributed by atoms with Gasteiger partial charge in [-0.3, -0.25) is 14.2 Å². The van der Waals surface area contributed by atoms with E-state index in [2.05, 4.69) is 0 Å². The van der Waals surface area contributed by atoms with Gasteiger partial charge in [0.1, 0.15) is 0 Å². The summed E-state index contributed by atoms with van der Waals surface area (Å²) in [6, 6.07) is 5.27. The predicted molar refractivity (Wildman–Crippen MR) is 121 cm³/mol. The summed E-state index contributed by atoms with van der Waals surface area (Å²) in [5.41, 5.74) is 0.240. The van der Waals surface area contributed by atoms with Gasteiger partial charge in [0.05, 0.1) is 15.6 Å². The third-order valence-corrected chi connectivity index (χ3v) is 5.32. The molecule has 0 saturated carbocycles. The number of amides is 1. The number of rotatable bonds is 8. The fourth-order valence-electron chi connectivity index (χ4n) is 2.92. The van der Waals surface area contributed by atoms with Crippen LogP contribution in [0.2, 0.25) is 10.0 Å². The van der Waals surface area contributed by atoms with Crippen LogP contribution in [-0.2, 0) is 25.4 Å². The van der Waals surface area contributed by atoms with Crippen molar-refractivity contribution in [1.82, 2.24) is 18.9 Å². The Bertz CT molecular complexity index is 1060. The minimum Gasteiger partial charge on any atom is -0.335 e. The van der Waals surface area contributed by atoms with E-state index in [9.17, 15) is 14.4 Å². The maximum atomic E-state index is 12.9. The zero-order valence-electron chi connectivity index (χ0n) is 17.6. The van der Waals surface area contributed by atoms with Crippen LogP contribution in [0.25, 0.3) is 6.08 Å². The van der Waals surface area contributed by atoms with E-state index in [4.69, 9.17) is 23.2 Å². The Balaban J connectivity index is 2.25. The number of aromatic nitrogens is 2. The molecule has 0 aliphatic heterocycles. The summed E-state index contributed by atoms with van der Waals surface area (Å²) in [7, 11) is 6.90. The molecule has 0 atom stereocenters. The molecule has 0 saturated heterocycles. The number of hydrogen-bond acceptors (Lipinski definition) is 4. The molecule has 0 aliphatic carbocycles. The molecule has 0 N–H and O–H groups in total. The molecule has 2 rings (SSSR count). The summed E-state index contributed by atoms with van der Waals surface area (Å²) in [4.78, 5) is 40.7. The highest BCUT2D eigenvalue weighted by Gasteiger charge is 2.13. The standard InChI is InChI=1S/C21H26Cl2N4O3/c1-24(2)10-5-11-27(13-15-6-8-17(22)18(23)12-15)19(28)9-7-16-14-25(3)21(30)26(4)20(16)29/h6-9,12,14H,5,10-11,13H2,1-4H3. The number of halogens is 2. The monoisotopic (exact) mass is 452 g/mol. The molecule has 0 spiro atoms. The van der Waals surface area contributed by atoms with Crippen LogP contribution in [-0.4, -0.2) is 52.0 Å². The second-order valence-corrected chi connectivity index (χ2v) is 8.15. The number of nitrogens with zero attached hydrogens (tertiary/aromatic N) is 4. The third-order valence-electron chi connectivity index (χ3n) is 4.58. The Morgan fingerprint density at radius 1 is 1.10 bits per heavy atom. The predicted octanol–water partition coefficient (Wildman–Crippen LogP) is 2.38. The lowest BCUT2D eigenvalue weighted by Crippen LogP contribution is -2.37. The highest BCUT2D eigenvalue weighted by Crippen LogP contribution is 2.23. The van der Waals surface area contributed by atoms with Gasteiger partial charge in [0, 0.05) is 39.5 Å². The van der Waals surface area contributed by atoms with Crippen LogP contribution in [0.1, 0.15) is 17.5 Å². The van der Waals surface area contributed by atoms with Gasteiger partial charge in [0.2, 0.25) is 5.91 Å². The van der Waals surface area contributed by atoms with Crippen molar-refractivity contribution in [2.24, 2.45) is 14.1 Å². The summed E-state index contributed by atoms with van der Waals surface area (Å²) >= 11 is 12.1. The van der Waals surface area contributed by atoms with E-state index >= 15 is 0 Å². The minimum atomic E-state index is -0.453. The molecule has 0 unspecified atom stereocenters. The molecular formula is C21H26Cl2N4O3. The molecule has 0 bridgehead atoms. The molecule has 1 heterocycles. The SMILES string of the molecule is CN(C)CCCN(Cc1ccc(Cl)c(Cl)c1)C(=O)C=Cc1cn(C)c(=O)n(C)c1=O. The lowest BCUT2D eigenvalue weighted by atomic mass is 10.2. The topological polar surface area (TPSA) is 67.5 Å². The largest absolute Gasteiger partial charge is 0.335 e. The number of carbonyl (C=O) groups excluding carboxylic acids is 1. The number of hydrogen-bond donors (Lipinski definition) is 0. The van der Waals surface area contributed by atoms with Gasteiger partial charge in [0.15, 0.2) is 0 Å². The van der Waals surface area contributed by atoms with Gasteiger partial charge >= 0.3 is 5.69 Å². The Kier molecular flexibility index (Phi) is 8.46. The highest BCUT2D eigenvalue weighted by molar-refractivity contribution is 6.42. The Morgan fingerprint density at radius 2 is 1.80 bits per heavy atom. The summed E-state index contributed by atoms with van der Waals surface area (Å²) in [6.45, 7) is 1.72. The van der Waals surface area contributed by atoms with Crippen LogP contribution >= 0.6 is 23.2 Å². The average Bonchev–Trinajstić information content (AvgIpc) is 2.69. The molecule has 1 aromatic carbocycles. The van der Waals surface area contributed by atoms with Gasteiger partial charge in [-0.1, -0.05) is 29.3 Å². The summed E-state index contributed by atoms with van der Waals surface area (Å²) < 4.78 is 2.31. The normalized spacial score (nSPS) is 11.4. The van der Waals surface area contributed by atoms with Crippen molar-refractivity contribution in [3.05, 3.63) is 72.5 Å². The van der Waals surface area contributed by atoms with E-state index in [0.717, 1.165) is 23.1 Å². The maximum absolute atomic E-state index is 12.9. The average molecular weight is 453 g/mol. The molecule has 1 amide bonds. The summed E-state index contributed by atoms with van der Waals surface area (Å²) in [5.74, 6) is -0.240. The van der Waals surface area contributed by atoms with Crippen LogP contribution in [0, 0.1) is 0 Å². The second kappa shape index (κ2) is 10.6. The molecule has 7 nitrogen and oxygen atoms in total. The Labute approximate surface area is 185 Å². The van der Waals surface area contributed by atoms with Crippen LogP contribution < -0.4 is 11.2 Å². The molecule has 162 valence electrons. The van der Waals surface area contributed by atoms with Gasteiger partial charge in [-0.05, 0) is 50.8 Å². The van der Waals surface area contributed by atoms with Gasteiger partial charge < -0.3 is 14.4 Å². The van der Waals surface area contributed by atoms with Crippen molar-refractivity contribution in [3.63, 3.8) is 0 Å². The third kappa shape index (κ3) is 6.32. The highest BCUT2D eigenvalue weighted by atomic mass is 35.5. The van der Waals surface area contributed by atoms with Crippen LogP contribution in [0.3, 0.4) is 0 Å². The Hall–Kier alpha value is -2.35. The molecular weight excluding hydrogens is 427 g/mol. The molecule has 2 aromatic rings. The number of aryl methyl sites for hydroxylation is 1. The zero-order valence-corrected chi connectivity index (χ0v) is 19.1. The first-order valence-corrected chi connectivity index (χ1v) is 10.2. The van der Waals surface area contributed by atoms with Crippen molar-refractivity contribution in [2.45, 2.75) is 13.0 Å². The number of carbonyl (C=O) groups is 1. The van der Waals surface area contributed by atoms with E-state index < -0.39 is 11.2 Å².